The predicted molar refractivity (Wildman–Crippen MR) is 89.8 cm³/mol. The molecule has 0 spiro atoms. The fourth-order valence-electron chi connectivity index (χ4n) is 2.29. The second kappa shape index (κ2) is 6.78. The Morgan fingerprint density at radius 1 is 1.17 bits per heavy atom. The molecule has 2 atom stereocenters. The summed E-state index contributed by atoms with van der Waals surface area (Å²) in [5.74, 6) is 0. The number of benzene rings is 1. The summed E-state index contributed by atoms with van der Waals surface area (Å²) < 4.78 is 23.0. The first-order chi connectivity index (χ1) is 10.7. The van der Waals surface area contributed by atoms with Crippen molar-refractivity contribution in [3.8, 4) is 0 Å². The first-order valence-corrected chi connectivity index (χ1v) is 9.25. The number of pyridine rings is 1. The first-order valence-electron chi connectivity index (χ1n) is 7.36. The van der Waals surface area contributed by atoms with Gasteiger partial charge in [0, 0.05) is 31.2 Å². The Labute approximate surface area is 137 Å². The second-order valence-electron chi connectivity index (χ2n) is 5.95. The Morgan fingerprint density at radius 3 is 2.26 bits per heavy atom. The van der Waals surface area contributed by atoms with Crippen LogP contribution >= 0.6 is 0 Å². The van der Waals surface area contributed by atoms with Crippen LogP contribution in [0.3, 0.4) is 0 Å². The van der Waals surface area contributed by atoms with Crippen molar-refractivity contribution >= 4 is 9.84 Å². The van der Waals surface area contributed by atoms with Crippen LogP contribution in [0.4, 0.5) is 0 Å². The van der Waals surface area contributed by atoms with Gasteiger partial charge in [0.15, 0.2) is 9.84 Å². The van der Waals surface area contributed by atoms with Crippen molar-refractivity contribution in [2.75, 3.05) is 12.8 Å². The maximum Gasteiger partial charge on any atom is 0.175 e. The van der Waals surface area contributed by atoms with E-state index in [1.165, 1.54) is 12.1 Å². The molecule has 124 valence electrons. The van der Waals surface area contributed by atoms with E-state index in [1.807, 2.05) is 19.1 Å². The summed E-state index contributed by atoms with van der Waals surface area (Å²) in [5, 5.41) is 13.9. The van der Waals surface area contributed by atoms with Gasteiger partial charge in [0.1, 0.15) is 0 Å². The van der Waals surface area contributed by atoms with Gasteiger partial charge in [0.05, 0.1) is 10.5 Å². The van der Waals surface area contributed by atoms with Crippen molar-refractivity contribution in [2.24, 2.45) is 0 Å². The van der Waals surface area contributed by atoms with Crippen molar-refractivity contribution < 1.29 is 13.5 Å². The standard InChI is InChI=1S/C17H22N2O3S/c1-13(14-8-10-18-11-9-14)19-12-17(2,20)15-4-6-16(7-5-15)23(3,21)22/h4-11,13,19-20H,12H2,1-3H3/t13-,17+/m1/s1. The van der Waals surface area contributed by atoms with Crippen molar-refractivity contribution in [1.82, 2.24) is 10.3 Å². The molecule has 0 saturated carbocycles. The van der Waals surface area contributed by atoms with Gasteiger partial charge in [-0.25, -0.2) is 8.42 Å². The summed E-state index contributed by atoms with van der Waals surface area (Å²) in [5.41, 5.74) is 0.652. The fraction of sp³-hybridized carbons (Fsp3) is 0.353. The summed E-state index contributed by atoms with van der Waals surface area (Å²) in [6.45, 7) is 4.06. The molecular formula is C17H22N2O3S. The summed E-state index contributed by atoms with van der Waals surface area (Å²) in [4.78, 5) is 4.23. The highest BCUT2D eigenvalue weighted by atomic mass is 32.2. The van der Waals surface area contributed by atoms with Gasteiger partial charge in [0.25, 0.3) is 0 Å². The molecule has 0 unspecified atom stereocenters. The molecule has 0 radical (unpaired) electrons. The molecule has 0 aliphatic rings. The molecule has 0 saturated heterocycles. The van der Waals surface area contributed by atoms with Crippen LogP contribution in [0.25, 0.3) is 0 Å². The maximum absolute atomic E-state index is 11.5. The Balaban J connectivity index is 2.07. The van der Waals surface area contributed by atoms with Crippen LogP contribution in [0.5, 0.6) is 0 Å². The number of nitrogens with zero attached hydrogens (tertiary/aromatic N) is 1. The van der Waals surface area contributed by atoms with Crippen LogP contribution in [0.1, 0.15) is 31.0 Å². The van der Waals surface area contributed by atoms with Gasteiger partial charge < -0.3 is 10.4 Å². The first kappa shape index (κ1) is 17.6. The molecule has 0 amide bonds. The van der Waals surface area contributed by atoms with Crippen LogP contribution in [0.2, 0.25) is 0 Å². The highest BCUT2D eigenvalue weighted by molar-refractivity contribution is 7.90. The minimum Gasteiger partial charge on any atom is -0.384 e. The highest BCUT2D eigenvalue weighted by Gasteiger charge is 2.24. The molecule has 1 aromatic heterocycles. The largest absolute Gasteiger partial charge is 0.384 e. The van der Waals surface area contributed by atoms with Gasteiger partial charge in [-0.2, -0.15) is 0 Å². The van der Waals surface area contributed by atoms with Crippen LogP contribution in [-0.2, 0) is 15.4 Å². The van der Waals surface area contributed by atoms with E-state index in [1.54, 1.807) is 31.5 Å². The zero-order chi connectivity index (χ0) is 17.1. The van der Waals surface area contributed by atoms with Gasteiger partial charge in [-0.3, -0.25) is 4.98 Å². The van der Waals surface area contributed by atoms with Gasteiger partial charge in [-0.15, -0.1) is 0 Å². The maximum atomic E-state index is 11.5. The molecule has 1 heterocycles. The smallest absolute Gasteiger partial charge is 0.175 e. The molecule has 1 aromatic carbocycles. The molecular weight excluding hydrogens is 312 g/mol. The van der Waals surface area contributed by atoms with E-state index in [-0.39, 0.29) is 10.9 Å². The lowest BCUT2D eigenvalue weighted by Crippen LogP contribution is -2.36. The average molecular weight is 334 g/mol. The van der Waals surface area contributed by atoms with E-state index < -0.39 is 15.4 Å². The van der Waals surface area contributed by atoms with E-state index in [0.29, 0.717) is 12.1 Å². The second-order valence-corrected chi connectivity index (χ2v) is 7.97. The predicted octanol–water partition coefficient (Wildman–Crippen LogP) is 2.04. The van der Waals surface area contributed by atoms with E-state index in [2.05, 4.69) is 10.3 Å². The number of nitrogens with one attached hydrogen (secondary N) is 1. The third-order valence-corrected chi connectivity index (χ3v) is 4.99. The zero-order valence-electron chi connectivity index (χ0n) is 13.5. The minimum absolute atomic E-state index is 0.0692. The van der Waals surface area contributed by atoms with Crippen LogP contribution in [0.15, 0.2) is 53.7 Å². The van der Waals surface area contributed by atoms with E-state index in [9.17, 15) is 13.5 Å². The number of aliphatic hydroxyl groups is 1. The molecule has 0 bridgehead atoms. The van der Waals surface area contributed by atoms with Gasteiger partial charge >= 0.3 is 0 Å². The Kier molecular flexibility index (Phi) is 5.19. The lowest BCUT2D eigenvalue weighted by Gasteiger charge is -2.27. The topological polar surface area (TPSA) is 79.3 Å². The summed E-state index contributed by atoms with van der Waals surface area (Å²) in [6.07, 6.45) is 4.63. The molecule has 6 heteroatoms. The van der Waals surface area contributed by atoms with Gasteiger partial charge in [-0.1, -0.05) is 12.1 Å². The Hall–Kier alpha value is -1.76. The SMILES string of the molecule is C[C@@H](NC[C@](C)(O)c1ccc(S(C)(=O)=O)cc1)c1ccncc1. The number of hydrogen-bond donors (Lipinski definition) is 2. The van der Waals surface area contributed by atoms with Gasteiger partial charge in [0.2, 0.25) is 0 Å². The zero-order valence-corrected chi connectivity index (χ0v) is 14.3. The molecule has 2 aromatic rings. The highest BCUT2D eigenvalue weighted by Crippen LogP contribution is 2.23. The summed E-state index contributed by atoms with van der Waals surface area (Å²) >= 11 is 0. The molecule has 23 heavy (non-hydrogen) atoms. The van der Waals surface area contributed by atoms with Crippen molar-refractivity contribution in [2.45, 2.75) is 30.4 Å². The average Bonchev–Trinajstić information content (AvgIpc) is 2.53. The van der Waals surface area contributed by atoms with Crippen molar-refractivity contribution in [1.29, 1.82) is 0 Å². The number of rotatable bonds is 6. The normalized spacial score (nSPS) is 15.8. The molecule has 5 nitrogen and oxygen atoms in total. The number of sulfone groups is 1. The number of hydrogen-bond acceptors (Lipinski definition) is 5. The lowest BCUT2D eigenvalue weighted by atomic mass is 9.95. The Morgan fingerprint density at radius 2 is 1.74 bits per heavy atom. The third-order valence-electron chi connectivity index (χ3n) is 3.86. The van der Waals surface area contributed by atoms with E-state index in [0.717, 1.165) is 11.8 Å². The van der Waals surface area contributed by atoms with Crippen molar-refractivity contribution in [3.63, 3.8) is 0 Å². The number of aromatic nitrogens is 1. The summed E-state index contributed by atoms with van der Waals surface area (Å²) in [7, 11) is -3.23. The third kappa shape index (κ3) is 4.60. The van der Waals surface area contributed by atoms with Crippen LogP contribution < -0.4 is 5.32 Å². The van der Waals surface area contributed by atoms with Crippen LogP contribution in [0, 0.1) is 0 Å². The molecule has 0 aliphatic heterocycles. The minimum atomic E-state index is -3.23. The fourth-order valence-corrected chi connectivity index (χ4v) is 2.92. The Bertz CT molecular complexity index is 741. The van der Waals surface area contributed by atoms with Crippen molar-refractivity contribution in [3.05, 3.63) is 59.9 Å². The van der Waals surface area contributed by atoms with E-state index >= 15 is 0 Å². The van der Waals surface area contributed by atoms with E-state index in [4.69, 9.17) is 0 Å². The molecule has 0 aliphatic carbocycles. The molecule has 2 rings (SSSR count). The van der Waals surface area contributed by atoms with Gasteiger partial charge in [-0.05, 0) is 49.2 Å². The molecule has 0 fully saturated rings. The lowest BCUT2D eigenvalue weighted by molar-refractivity contribution is 0.0543. The molecule has 2 N–H and O–H groups in total. The van der Waals surface area contributed by atoms with Crippen LogP contribution in [-0.4, -0.2) is 31.3 Å². The quantitative estimate of drug-likeness (QED) is 0.845. The summed E-state index contributed by atoms with van der Waals surface area (Å²) in [6, 6.07) is 10.3. The monoisotopic (exact) mass is 334 g/mol.